The van der Waals surface area contributed by atoms with Crippen LogP contribution in [0, 0.1) is 11.8 Å². The van der Waals surface area contributed by atoms with E-state index in [0.717, 1.165) is 37.5 Å². The van der Waals surface area contributed by atoms with Crippen LogP contribution in [0.3, 0.4) is 0 Å². The summed E-state index contributed by atoms with van der Waals surface area (Å²) < 4.78 is 0. The van der Waals surface area contributed by atoms with Gasteiger partial charge >= 0.3 is 0 Å². The van der Waals surface area contributed by atoms with Crippen LogP contribution in [-0.2, 0) is 19.6 Å². The van der Waals surface area contributed by atoms with Gasteiger partial charge in [-0.3, -0.25) is 9.80 Å². The van der Waals surface area contributed by atoms with Crippen molar-refractivity contribution in [2.45, 2.75) is 284 Å². The van der Waals surface area contributed by atoms with E-state index in [1.165, 1.54) is 167 Å². The summed E-state index contributed by atoms with van der Waals surface area (Å²) in [5.74, 6) is 1.69. The molecule has 4 atom stereocenters. The molecule has 0 aromatic rings. The van der Waals surface area contributed by atoms with Gasteiger partial charge in [0, 0.05) is 37.3 Å². The second-order valence-electron chi connectivity index (χ2n) is 22.2. The van der Waals surface area contributed by atoms with Gasteiger partial charge in [0.15, 0.2) is 0 Å². The summed E-state index contributed by atoms with van der Waals surface area (Å²) in [6.45, 7) is 32.1. The average Bonchev–Trinajstić information content (AvgIpc) is 3.13. The number of rotatable bonds is 28. The van der Waals surface area contributed by atoms with Gasteiger partial charge in [0.05, 0.1) is 22.4 Å². The lowest BCUT2D eigenvalue weighted by Gasteiger charge is -2.56. The molecule has 3 aliphatic rings. The molecular weight excluding hydrogens is 693 g/mol. The summed E-state index contributed by atoms with van der Waals surface area (Å²) >= 11 is 0. The first-order valence-electron chi connectivity index (χ1n) is 24.6. The van der Waals surface area contributed by atoms with E-state index in [0.29, 0.717) is 11.1 Å². The Bertz CT molecular complexity index is 970. The lowest BCUT2D eigenvalue weighted by atomic mass is 9.71. The summed E-state index contributed by atoms with van der Waals surface area (Å²) in [6, 6.07) is 0. The van der Waals surface area contributed by atoms with Crippen LogP contribution in [0.25, 0.3) is 0 Å². The standard InChI is InChI=1S/C50H98N2O4/c1-13-15-19-29-45(5,6)53-55-47(9,10)31-21-17-23-33-49(35-25-27-43(3)41-49)51-37-39-52(40-38-51)50(36-26-28-44(4)42-50)34-24-18-22-32-48(11,12)56-54-46(7,8)30-20-16-14-2/h43-44H,13-42H2,1-12H3. The minimum atomic E-state index is -0.243. The van der Waals surface area contributed by atoms with Crippen LogP contribution in [0.5, 0.6) is 0 Å². The van der Waals surface area contributed by atoms with Gasteiger partial charge in [-0.25, -0.2) is 19.6 Å². The zero-order chi connectivity index (χ0) is 41.4. The SMILES string of the molecule is CCCCCC(C)(C)OOC(C)(C)CCCCCC1(N2CCN(C3(CCCCCC(C)(C)OOC(C)(C)CCCCC)CCCC(C)C3)CC2)CCCC(C)C1. The Morgan fingerprint density at radius 2 is 0.750 bits per heavy atom. The predicted molar refractivity (Wildman–Crippen MR) is 239 cm³/mol. The minimum Gasteiger partial charge on any atom is -0.295 e. The molecule has 0 amide bonds. The molecule has 1 heterocycles. The second-order valence-corrected chi connectivity index (χ2v) is 22.2. The van der Waals surface area contributed by atoms with E-state index in [4.69, 9.17) is 19.6 Å². The Balaban J connectivity index is 1.48. The smallest absolute Gasteiger partial charge is 0.0980 e. The van der Waals surface area contributed by atoms with Gasteiger partial charge in [0.25, 0.3) is 0 Å². The highest BCUT2D eigenvalue weighted by Gasteiger charge is 2.45. The average molecular weight is 791 g/mol. The lowest BCUT2D eigenvalue weighted by molar-refractivity contribution is -0.403. The number of hydrogen-bond donors (Lipinski definition) is 0. The van der Waals surface area contributed by atoms with Crippen molar-refractivity contribution in [2.24, 2.45) is 11.8 Å². The molecule has 3 fully saturated rings. The molecule has 0 N–H and O–H groups in total. The van der Waals surface area contributed by atoms with Crippen LogP contribution >= 0.6 is 0 Å². The Labute approximate surface area is 349 Å². The lowest BCUT2D eigenvalue weighted by Crippen LogP contribution is -2.63. The fourth-order valence-electron chi connectivity index (χ4n) is 10.8. The van der Waals surface area contributed by atoms with Gasteiger partial charge in [-0.15, -0.1) is 0 Å². The molecule has 0 aromatic heterocycles. The Hall–Kier alpha value is -0.240. The van der Waals surface area contributed by atoms with Crippen molar-refractivity contribution in [1.29, 1.82) is 0 Å². The maximum Gasteiger partial charge on any atom is 0.0980 e. The summed E-state index contributed by atoms with van der Waals surface area (Å²) in [7, 11) is 0. The maximum atomic E-state index is 6.08. The molecule has 0 spiro atoms. The summed E-state index contributed by atoms with van der Waals surface area (Å²) in [5, 5.41) is 0. The van der Waals surface area contributed by atoms with Gasteiger partial charge in [0.2, 0.25) is 0 Å². The molecule has 3 rings (SSSR count). The van der Waals surface area contributed by atoms with Crippen molar-refractivity contribution in [3.63, 3.8) is 0 Å². The first-order valence-corrected chi connectivity index (χ1v) is 24.6. The van der Waals surface area contributed by atoms with E-state index in [9.17, 15) is 0 Å². The third-order valence-corrected chi connectivity index (χ3v) is 14.3. The van der Waals surface area contributed by atoms with Crippen molar-refractivity contribution in [3.8, 4) is 0 Å². The topological polar surface area (TPSA) is 43.4 Å². The highest BCUT2D eigenvalue weighted by Crippen LogP contribution is 2.45. The highest BCUT2D eigenvalue weighted by atomic mass is 17.2. The maximum absolute atomic E-state index is 6.08. The van der Waals surface area contributed by atoms with Crippen molar-refractivity contribution in [1.82, 2.24) is 9.80 Å². The molecule has 1 aliphatic heterocycles. The molecule has 2 aliphatic carbocycles. The predicted octanol–water partition coefficient (Wildman–Crippen LogP) is 14.6. The first kappa shape index (κ1) is 50.1. The van der Waals surface area contributed by atoms with Crippen LogP contribution in [0.4, 0.5) is 0 Å². The fraction of sp³-hybridized carbons (Fsp3) is 1.00. The molecule has 0 aromatic carbocycles. The van der Waals surface area contributed by atoms with E-state index < -0.39 is 0 Å². The molecule has 2 saturated carbocycles. The monoisotopic (exact) mass is 791 g/mol. The molecule has 6 nitrogen and oxygen atoms in total. The van der Waals surface area contributed by atoms with Gasteiger partial charge in [-0.2, -0.15) is 0 Å². The number of hydrogen-bond acceptors (Lipinski definition) is 6. The van der Waals surface area contributed by atoms with Crippen LogP contribution in [0.2, 0.25) is 0 Å². The largest absolute Gasteiger partial charge is 0.295 e. The van der Waals surface area contributed by atoms with E-state index >= 15 is 0 Å². The molecule has 4 unspecified atom stereocenters. The number of piperazine rings is 1. The quantitative estimate of drug-likeness (QED) is 0.0447. The Kier molecular flexibility index (Phi) is 21.2. The van der Waals surface area contributed by atoms with Crippen LogP contribution in [0.1, 0.15) is 250 Å². The highest BCUT2D eigenvalue weighted by molar-refractivity contribution is 5.01. The molecule has 332 valence electrons. The molecule has 6 heteroatoms. The zero-order valence-electron chi connectivity index (χ0n) is 39.9. The first-order chi connectivity index (χ1) is 26.4. The molecule has 0 bridgehead atoms. The third kappa shape index (κ3) is 17.8. The van der Waals surface area contributed by atoms with Gasteiger partial charge in [0.1, 0.15) is 0 Å². The van der Waals surface area contributed by atoms with Crippen molar-refractivity contribution in [3.05, 3.63) is 0 Å². The number of nitrogens with zero attached hydrogens (tertiary/aromatic N) is 2. The van der Waals surface area contributed by atoms with Crippen molar-refractivity contribution < 1.29 is 19.6 Å². The summed E-state index contributed by atoms with van der Waals surface area (Å²) in [4.78, 5) is 30.2. The Morgan fingerprint density at radius 1 is 0.446 bits per heavy atom. The van der Waals surface area contributed by atoms with Crippen molar-refractivity contribution >= 4 is 0 Å². The molecular formula is C50H98N2O4. The van der Waals surface area contributed by atoms with E-state index in [1.54, 1.807) is 0 Å². The van der Waals surface area contributed by atoms with E-state index in [2.05, 4.69) is 92.9 Å². The third-order valence-electron chi connectivity index (χ3n) is 14.3. The van der Waals surface area contributed by atoms with Crippen LogP contribution in [0.15, 0.2) is 0 Å². The van der Waals surface area contributed by atoms with Gasteiger partial charge in [-0.1, -0.05) is 130 Å². The minimum absolute atomic E-state index is 0.219. The van der Waals surface area contributed by atoms with Gasteiger partial charge < -0.3 is 0 Å². The van der Waals surface area contributed by atoms with Gasteiger partial charge in [-0.05, 0) is 131 Å². The second kappa shape index (κ2) is 23.7. The molecule has 0 radical (unpaired) electrons. The summed E-state index contributed by atoms with van der Waals surface area (Å²) in [5.41, 5.74) is -0.124. The fourth-order valence-corrected chi connectivity index (χ4v) is 10.8. The van der Waals surface area contributed by atoms with E-state index in [1.807, 2.05) is 0 Å². The number of unbranched alkanes of at least 4 members (excludes halogenated alkanes) is 8. The molecule has 1 saturated heterocycles. The van der Waals surface area contributed by atoms with Crippen LogP contribution in [-0.4, -0.2) is 69.5 Å². The Morgan fingerprint density at radius 3 is 1.04 bits per heavy atom. The van der Waals surface area contributed by atoms with E-state index in [-0.39, 0.29) is 22.4 Å². The normalized spacial score (nSPS) is 26.6. The van der Waals surface area contributed by atoms with Crippen LogP contribution < -0.4 is 0 Å². The zero-order valence-corrected chi connectivity index (χ0v) is 39.9. The summed E-state index contributed by atoms with van der Waals surface area (Å²) in [6.07, 6.45) is 33.2. The van der Waals surface area contributed by atoms with Crippen molar-refractivity contribution in [2.75, 3.05) is 26.2 Å². The molecule has 56 heavy (non-hydrogen) atoms.